The van der Waals surface area contributed by atoms with E-state index in [2.05, 4.69) is 26.1 Å². The van der Waals surface area contributed by atoms with Crippen LogP contribution in [0.2, 0.25) is 0 Å². The van der Waals surface area contributed by atoms with Gasteiger partial charge in [0.25, 0.3) is 0 Å². The molecule has 2 aliphatic rings. The molecule has 0 radical (unpaired) electrons. The van der Waals surface area contributed by atoms with E-state index >= 15 is 0 Å². The van der Waals surface area contributed by atoms with Crippen LogP contribution in [0.15, 0.2) is 0 Å². The van der Waals surface area contributed by atoms with Crippen LogP contribution in [0.4, 0.5) is 0 Å². The molecule has 1 N–H and O–H groups in total. The molecule has 114 valence electrons. The first-order valence-electron chi connectivity index (χ1n) is 8.17. The van der Waals surface area contributed by atoms with Crippen molar-refractivity contribution in [1.29, 1.82) is 0 Å². The molecule has 0 aromatic carbocycles. The number of carbonyl (C=O) groups excluding carboxylic acids is 2. The first-order valence-corrected chi connectivity index (χ1v) is 8.17. The van der Waals surface area contributed by atoms with E-state index < -0.39 is 0 Å². The Hall–Kier alpha value is -1.06. The molecule has 1 aliphatic carbocycles. The third-order valence-electron chi connectivity index (χ3n) is 4.49. The summed E-state index contributed by atoms with van der Waals surface area (Å²) in [6, 6.07) is -0.255. The van der Waals surface area contributed by atoms with Gasteiger partial charge in [-0.15, -0.1) is 0 Å². The normalized spacial score (nSPS) is 28.3. The number of amides is 2. The summed E-state index contributed by atoms with van der Waals surface area (Å²) in [5.41, 5.74) is 0. The van der Waals surface area contributed by atoms with Crippen LogP contribution in [0.1, 0.15) is 65.7 Å². The van der Waals surface area contributed by atoms with Gasteiger partial charge in [0.05, 0.1) is 0 Å². The van der Waals surface area contributed by atoms with Gasteiger partial charge in [0.15, 0.2) is 0 Å². The molecule has 2 fully saturated rings. The van der Waals surface area contributed by atoms with E-state index in [1.807, 2.05) is 4.90 Å². The number of nitrogens with one attached hydrogen (secondary N) is 1. The minimum atomic E-state index is -0.309. The fourth-order valence-corrected chi connectivity index (χ4v) is 3.58. The van der Waals surface area contributed by atoms with Crippen LogP contribution in [0.25, 0.3) is 0 Å². The summed E-state index contributed by atoms with van der Waals surface area (Å²) in [7, 11) is 0. The summed E-state index contributed by atoms with van der Waals surface area (Å²) >= 11 is 0. The summed E-state index contributed by atoms with van der Waals surface area (Å²) in [5, 5.41) is 2.96. The average molecular weight is 280 g/mol. The highest BCUT2D eigenvalue weighted by Crippen LogP contribution is 2.29. The molecule has 0 aromatic rings. The number of carbonyl (C=O) groups is 2. The molecule has 1 heterocycles. The van der Waals surface area contributed by atoms with Crippen LogP contribution >= 0.6 is 0 Å². The van der Waals surface area contributed by atoms with Gasteiger partial charge < -0.3 is 10.2 Å². The molecule has 0 aromatic heterocycles. The molecular weight excluding hydrogens is 252 g/mol. The lowest BCUT2D eigenvalue weighted by Gasteiger charge is -2.43. The van der Waals surface area contributed by atoms with E-state index in [9.17, 15) is 9.59 Å². The standard InChI is InChI=1S/C16H28N2O2/c1-4-7-14-15(19)17-13(10-11(2)3)16(20)18(14)12-8-5-6-9-12/h11-14H,4-10H2,1-3H3,(H,17,19). The lowest BCUT2D eigenvalue weighted by molar-refractivity contribution is -0.152. The van der Waals surface area contributed by atoms with Crippen molar-refractivity contribution >= 4 is 11.8 Å². The van der Waals surface area contributed by atoms with Crippen LogP contribution < -0.4 is 5.32 Å². The predicted molar refractivity (Wildman–Crippen MR) is 79.2 cm³/mol. The lowest BCUT2D eigenvalue weighted by atomic mass is 9.95. The Morgan fingerprint density at radius 1 is 1.25 bits per heavy atom. The Labute approximate surface area is 122 Å². The van der Waals surface area contributed by atoms with Gasteiger partial charge in [0.2, 0.25) is 11.8 Å². The van der Waals surface area contributed by atoms with Gasteiger partial charge in [-0.3, -0.25) is 9.59 Å². The first kappa shape index (κ1) is 15.3. The second-order valence-corrected chi connectivity index (χ2v) is 6.68. The van der Waals surface area contributed by atoms with Crippen LogP contribution in [-0.4, -0.2) is 34.8 Å². The second kappa shape index (κ2) is 6.59. The Balaban J connectivity index is 2.18. The molecule has 2 unspecified atom stereocenters. The van der Waals surface area contributed by atoms with Crippen molar-refractivity contribution in [2.45, 2.75) is 83.8 Å². The van der Waals surface area contributed by atoms with Crippen LogP contribution in [-0.2, 0) is 9.59 Å². The fraction of sp³-hybridized carbons (Fsp3) is 0.875. The maximum absolute atomic E-state index is 12.8. The highest BCUT2D eigenvalue weighted by atomic mass is 16.2. The average Bonchev–Trinajstić information content (AvgIpc) is 2.89. The monoisotopic (exact) mass is 280 g/mol. The van der Waals surface area contributed by atoms with E-state index in [0.29, 0.717) is 12.0 Å². The number of rotatable bonds is 5. The minimum absolute atomic E-state index is 0.0593. The van der Waals surface area contributed by atoms with Gasteiger partial charge in [-0.2, -0.15) is 0 Å². The zero-order chi connectivity index (χ0) is 14.7. The van der Waals surface area contributed by atoms with Gasteiger partial charge in [0, 0.05) is 6.04 Å². The third-order valence-corrected chi connectivity index (χ3v) is 4.49. The van der Waals surface area contributed by atoms with E-state index in [-0.39, 0.29) is 23.9 Å². The zero-order valence-electron chi connectivity index (χ0n) is 13.0. The van der Waals surface area contributed by atoms with Crippen molar-refractivity contribution in [1.82, 2.24) is 10.2 Å². The number of nitrogens with zero attached hydrogens (tertiary/aromatic N) is 1. The van der Waals surface area contributed by atoms with Crippen molar-refractivity contribution in [2.75, 3.05) is 0 Å². The zero-order valence-corrected chi connectivity index (χ0v) is 13.0. The van der Waals surface area contributed by atoms with Crippen molar-refractivity contribution < 1.29 is 9.59 Å². The van der Waals surface area contributed by atoms with Gasteiger partial charge in [-0.1, -0.05) is 40.0 Å². The molecule has 2 rings (SSSR count). The highest BCUT2D eigenvalue weighted by Gasteiger charge is 2.43. The largest absolute Gasteiger partial charge is 0.342 e. The van der Waals surface area contributed by atoms with Crippen LogP contribution in [0, 0.1) is 5.92 Å². The molecule has 4 heteroatoms. The predicted octanol–water partition coefficient (Wildman–Crippen LogP) is 2.47. The summed E-state index contributed by atoms with van der Waals surface area (Å²) in [6.45, 7) is 6.26. The topological polar surface area (TPSA) is 49.4 Å². The molecule has 20 heavy (non-hydrogen) atoms. The van der Waals surface area contributed by atoms with Crippen molar-refractivity contribution in [3.05, 3.63) is 0 Å². The minimum Gasteiger partial charge on any atom is -0.342 e. The van der Waals surface area contributed by atoms with Crippen molar-refractivity contribution in [2.24, 2.45) is 5.92 Å². The summed E-state index contributed by atoms with van der Waals surface area (Å²) in [5.74, 6) is 0.630. The molecule has 2 amide bonds. The molecule has 0 bridgehead atoms. The Morgan fingerprint density at radius 2 is 1.90 bits per heavy atom. The van der Waals surface area contributed by atoms with E-state index in [1.54, 1.807) is 0 Å². The second-order valence-electron chi connectivity index (χ2n) is 6.68. The molecule has 1 saturated heterocycles. The fourth-order valence-electron chi connectivity index (χ4n) is 3.58. The Kier molecular flexibility index (Phi) is 5.06. The molecule has 0 spiro atoms. The summed E-state index contributed by atoms with van der Waals surface area (Å²) < 4.78 is 0. The van der Waals surface area contributed by atoms with Gasteiger partial charge in [-0.25, -0.2) is 0 Å². The number of hydrogen-bond donors (Lipinski definition) is 1. The first-order chi connectivity index (χ1) is 9.54. The van der Waals surface area contributed by atoms with Crippen molar-refractivity contribution in [3.8, 4) is 0 Å². The van der Waals surface area contributed by atoms with Gasteiger partial charge in [-0.05, 0) is 31.6 Å². The maximum Gasteiger partial charge on any atom is 0.246 e. The summed E-state index contributed by atoms with van der Waals surface area (Å²) in [6.07, 6.45) is 6.95. The molecule has 2 atom stereocenters. The molecular formula is C16H28N2O2. The molecule has 1 aliphatic heterocycles. The third kappa shape index (κ3) is 3.15. The van der Waals surface area contributed by atoms with Crippen LogP contribution in [0.5, 0.6) is 0 Å². The van der Waals surface area contributed by atoms with E-state index in [1.165, 1.54) is 12.8 Å². The van der Waals surface area contributed by atoms with Gasteiger partial charge >= 0.3 is 0 Å². The lowest BCUT2D eigenvalue weighted by Crippen LogP contribution is -2.65. The van der Waals surface area contributed by atoms with E-state index in [0.717, 1.165) is 32.1 Å². The molecule has 1 saturated carbocycles. The summed E-state index contributed by atoms with van der Waals surface area (Å²) in [4.78, 5) is 27.1. The highest BCUT2D eigenvalue weighted by molar-refractivity contribution is 5.97. The molecule has 4 nitrogen and oxygen atoms in total. The van der Waals surface area contributed by atoms with Crippen molar-refractivity contribution in [3.63, 3.8) is 0 Å². The Bertz CT molecular complexity index is 361. The number of hydrogen-bond acceptors (Lipinski definition) is 2. The Morgan fingerprint density at radius 3 is 2.45 bits per heavy atom. The van der Waals surface area contributed by atoms with Crippen LogP contribution in [0.3, 0.4) is 0 Å². The smallest absolute Gasteiger partial charge is 0.246 e. The SMILES string of the molecule is CCCC1C(=O)NC(CC(C)C)C(=O)N1C1CCCC1. The van der Waals surface area contributed by atoms with E-state index in [4.69, 9.17) is 0 Å². The van der Waals surface area contributed by atoms with Gasteiger partial charge in [0.1, 0.15) is 12.1 Å². The number of piperazine rings is 1. The maximum atomic E-state index is 12.8. The quantitative estimate of drug-likeness (QED) is 0.841.